The Morgan fingerprint density at radius 1 is 1.43 bits per heavy atom. The largest absolute Gasteiger partial charge is 0.353 e. The van der Waals surface area contributed by atoms with Crippen LogP contribution in [0.15, 0.2) is 17.3 Å². The number of nitrogens with one attached hydrogen (secondary N) is 1. The summed E-state index contributed by atoms with van der Waals surface area (Å²) in [6.45, 7) is 4.33. The van der Waals surface area contributed by atoms with Crippen molar-refractivity contribution in [1.82, 2.24) is 5.32 Å². The first-order valence-electron chi connectivity index (χ1n) is 4.40. The van der Waals surface area contributed by atoms with Gasteiger partial charge in [0.1, 0.15) is 0 Å². The molecule has 2 heterocycles. The van der Waals surface area contributed by atoms with E-state index in [9.17, 15) is 0 Å². The van der Waals surface area contributed by atoms with Gasteiger partial charge in [-0.2, -0.15) is 0 Å². The smallest absolute Gasteiger partial charge is 0.0985 e. The normalized spacial score (nSPS) is 19.8. The Kier molecular flexibility index (Phi) is 2.92. The highest BCUT2D eigenvalue weighted by Gasteiger charge is 2.18. The zero-order valence-electron chi connectivity index (χ0n) is 8.04. The fourth-order valence-electron chi connectivity index (χ4n) is 1.55. The van der Waals surface area contributed by atoms with Gasteiger partial charge in [0.05, 0.1) is 12.4 Å². The quantitative estimate of drug-likeness (QED) is 0.791. The summed E-state index contributed by atoms with van der Waals surface area (Å²) in [6, 6.07) is 0.202. The lowest BCUT2D eigenvalue weighted by molar-refractivity contribution is 0.875. The van der Waals surface area contributed by atoms with Crippen LogP contribution < -0.4 is 5.32 Å². The van der Waals surface area contributed by atoms with E-state index >= 15 is 0 Å². The molecule has 0 amide bonds. The summed E-state index contributed by atoms with van der Waals surface area (Å²) >= 11 is 4.26. The van der Waals surface area contributed by atoms with E-state index in [0.717, 1.165) is 0 Å². The molecule has 0 bridgehead atoms. The van der Waals surface area contributed by atoms with E-state index in [1.807, 2.05) is 17.5 Å². The van der Waals surface area contributed by atoms with Crippen LogP contribution in [0.1, 0.15) is 21.4 Å². The third-order valence-electron chi connectivity index (χ3n) is 2.21. The molecule has 2 rings (SSSR count). The molecule has 1 aromatic heterocycles. The van der Waals surface area contributed by atoms with E-state index in [2.05, 4.69) is 52.8 Å². The molecule has 0 aromatic carbocycles. The van der Waals surface area contributed by atoms with E-state index in [4.69, 9.17) is 0 Å². The molecule has 1 unspecified atom stereocenters. The average Bonchev–Trinajstić information content (AvgIpc) is 2.43. The molecule has 0 saturated heterocycles. The number of thiophene rings is 1. The Balaban J connectivity index is 2.44. The Morgan fingerprint density at radius 3 is 2.71 bits per heavy atom. The van der Waals surface area contributed by atoms with Gasteiger partial charge in [-0.15, -0.1) is 11.3 Å². The summed E-state index contributed by atoms with van der Waals surface area (Å²) in [4.78, 5) is 7.18. The van der Waals surface area contributed by atoms with E-state index in [-0.39, 0.29) is 6.04 Å². The Bertz CT molecular complexity index is 394. The van der Waals surface area contributed by atoms with E-state index < -0.39 is 0 Å². The molecule has 1 aliphatic rings. The summed E-state index contributed by atoms with van der Waals surface area (Å²) < 4.78 is 1.36. The van der Waals surface area contributed by atoms with E-state index in [1.54, 1.807) is 6.34 Å². The second-order valence-electron chi connectivity index (χ2n) is 3.19. The van der Waals surface area contributed by atoms with Gasteiger partial charge in [0.15, 0.2) is 0 Å². The molecule has 0 radical (unpaired) electrons. The van der Waals surface area contributed by atoms with Crippen molar-refractivity contribution >= 4 is 40.3 Å². The van der Waals surface area contributed by atoms with Crippen LogP contribution in [0, 0.1) is 17.4 Å². The number of halogens is 1. The molecule has 74 valence electrons. The highest BCUT2D eigenvalue weighted by Crippen LogP contribution is 2.35. The lowest BCUT2D eigenvalue weighted by Crippen LogP contribution is -2.09. The lowest BCUT2D eigenvalue weighted by Gasteiger charge is -2.11. The first-order valence-corrected chi connectivity index (χ1v) is 6.29. The zero-order chi connectivity index (χ0) is 10.1. The number of hydrogen-bond acceptors (Lipinski definition) is 3. The minimum Gasteiger partial charge on any atom is -0.353 e. The Labute approximate surface area is 101 Å². The molecule has 0 saturated carbocycles. The highest BCUT2D eigenvalue weighted by molar-refractivity contribution is 14.1. The molecular formula is C10H11IN2S. The Morgan fingerprint density at radius 2 is 2.21 bits per heavy atom. The predicted octanol–water partition coefficient (Wildman–Crippen LogP) is 3.16. The first kappa shape index (κ1) is 10.2. The fraction of sp³-hybridized carbons (Fsp3) is 0.300. The van der Waals surface area contributed by atoms with Gasteiger partial charge in [-0.1, -0.05) is 0 Å². The third kappa shape index (κ3) is 1.72. The lowest BCUT2D eigenvalue weighted by atomic mass is 10.1. The number of nitrogens with zero attached hydrogens (tertiary/aromatic N) is 1. The molecule has 14 heavy (non-hydrogen) atoms. The van der Waals surface area contributed by atoms with Crippen molar-refractivity contribution in [3.8, 4) is 0 Å². The van der Waals surface area contributed by atoms with Gasteiger partial charge in [-0.25, -0.2) is 0 Å². The maximum atomic E-state index is 4.41. The van der Waals surface area contributed by atoms with Crippen LogP contribution in [0.3, 0.4) is 0 Å². The van der Waals surface area contributed by atoms with E-state index in [1.165, 1.54) is 18.9 Å². The van der Waals surface area contributed by atoms with Crippen LogP contribution in [0.2, 0.25) is 0 Å². The van der Waals surface area contributed by atoms with Crippen LogP contribution in [0.25, 0.3) is 0 Å². The standard InChI is InChI=1S/C10H11IN2S/c1-6-9(10(11)7(2)14-6)8-3-4-12-5-13-8/h3-5,8H,1-2H3,(H,12,13). The number of hydrogen-bond donors (Lipinski definition) is 1. The second kappa shape index (κ2) is 4.02. The van der Waals surface area contributed by atoms with Crippen molar-refractivity contribution in [2.24, 2.45) is 4.99 Å². The molecule has 1 N–H and O–H groups in total. The molecule has 1 atom stereocenters. The molecule has 4 heteroatoms. The van der Waals surface area contributed by atoms with Crippen LogP contribution >= 0.6 is 33.9 Å². The summed E-state index contributed by atoms with van der Waals surface area (Å²) in [7, 11) is 0. The molecule has 0 aliphatic carbocycles. The molecule has 1 aromatic rings. The average molecular weight is 318 g/mol. The van der Waals surface area contributed by atoms with Gasteiger partial charge in [-0.3, -0.25) is 4.99 Å². The summed E-state index contributed by atoms with van der Waals surface area (Å²) in [5, 5.41) is 2.96. The number of aryl methyl sites for hydroxylation is 2. The monoisotopic (exact) mass is 318 g/mol. The third-order valence-corrected chi connectivity index (χ3v) is 5.00. The molecular weight excluding hydrogens is 307 g/mol. The van der Waals surface area contributed by atoms with Crippen molar-refractivity contribution < 1.29 is 0 Å². The summed E-state index contributed by atoms with van der Waals surface area (Å²) in [5.74, 6) is 0. The van der Waals surface area contributed by atoms with Crippen LogP contribution in [0.4, 0.5) is 0 Å². The van der Waals surface area contributed by atoms with Crippen LogP contribution in [-0.2, 0) is 0 Å². The highest BCUT2D eigenvalue weighted by atomic mass is 127. The maximum absolute atomic E-state index is 4.41. The SMILES string of the molecule is Cc1sc(C)c(C2C=CNC=N2)c1I. The van der Waals surface area contributed by atoms with E-state index in [0.29, 0.717) is 0 Å². The minimum atomic E-state index is 0.202. The fourth-order valence-corrected chi connectivity index (χ4v) is 3.77. The molecule has 1 aliphatic heterocycles. The van der Waals surface area contributed by atoms with Gasteiger partial charge in [0.2, 0.25) is 0 Å². The van der Waals surface area contributed by atoms with Gasteiger partial charge in [0, 0.05) is 25.1 Å². The van der Waals surface area contributed by atoms with Crippen molar-refractivity contribution in [3.05, 3.63) is 31.2 Å². The van der Waals surface area contributed by atoms with Gasteiger partial charge in [-0.05, 0) is 42.5 Å². The van der Waals surface area contributed by atoms with Crippen LogP contribution in [-0.4, -0.2) is 6.34 Å². The zero-order valence-corrected chi connectivity index (χ0v) is 11.0. The topological polar surface area (TPSA) is 24.4 Å². The number of rotatable bonds is 1. The summed E-state index contributed by atoms with van der Waals surface area (Å²) in [6.07, 6.45) is 5.80. The maximum Gasteiger partial charge on any atom is 0.0985 e. The first-order chi connectivity index (χ1) is 6.70. The molecule has 0 fully saturated rings. The number of aliphatic imine (C=N–C) groups is 1. The van der Waals surface area contributed by atoms with Gasteiger partial charge >= 0.3 is 0 Å². The van der Waals surface area contributed by atoms with Crippen molar-refractivity contribution in [1.29, 1.82) is 0 Å². The molecule has 0 spiro atoms. The van der Waals surface area contributed by atoms with Gasteiger partial charge in [0.25, 0.3) is 0 Å². The van der Waals surface area contributed by atoms with Gasteiger partial charge < -0.3 is 5.32 Å². The Hall–Kier alpha value is -0.360. The predicted molar refractivity (Wildman–Crippen MR) is 70.0 cm³/mol. The van der Waals surface area contributed by atoms with Crippen LogP contribution in [0.5, 0.6) is 0 Å². The van der Waals surface area contributed by atoms with Crippen molar-refractivity contribution in [2.75, 3.05) is 0 Å². The van der Waals surface area contributed by atoms with Crippen molar-refractivity contribution in [3.63, 3.8) is 0 Å². The van der Waals surface area contributed by atoms with Crippen molar-refractivity contribution in [2.45, 2.75) is 19.9 Å². The minimum absolute atomic E-state index is 0.202. The summed E-state index contributed by atoms with van der Waals surface area (Å²) in [5.41, 5.74) is 1.36. The second-order valence-corrected chi connectivity index (χ2v) is 5.70. The molecule has 2 nitrogen and oxygen atoms in total.